The van der Waals surface area contributed by atoms with E-state index in [9.17, 15) is 4.79 Å². The number of rotatable bonds is 7. The monoisotopic (exact) mass is 380 g/mol. The molecule has 6 heteroatoms. The number of benzene rings is 2. The molecule has 5 nitrogen and oxygen atoms in total. The summed E-state index contributed by atoms with van der Waals surface area (Å²) in [7, 11) is 0. The molecule has 1 aromatic heterocycles. The van der Waals surface area contributed by atoms with Crippen LogP contribution in [0.25, 0.3) is 10.2 Å². The van der Waals surface area contributed by atoms with Crippen molar-refractivity contribution >= 4 is 27.5 Å². The fraction of sp³-hybridized carbons (Fsp3) is 0.238. The number of ether oxygens (including phenoxy) is 2. The Hall–Kier alpha value is -3.04. The number of para-hydroxylation sites is 1. The lowest BCUT2D eigenvalue weighted by Gasteiger charge is -2.04. The number of aromatic nitrogens is 1. The van der Waals surface area contributed by atoms with Gasteiger partial charge in [-0.3, -0.25) is 4.79 Å². The summed E-state index contributed by atoms with van der Waals surface area (Å²) in [5, 5.41) is 0. The molecule has 0 aliphatic carbocycles. The second-order valence-electron chi connectivity index (χ2n) is 5.65. The van der Waals surface area contributed by atoms with Gasteiger partial charge >= 0.3 is 0 Å². The first-order chi connectivity index (χ1) is 13.2. The van der Waals surface area contributed by atoms with Gasteiger partial charge in [0.15, 0.2) is 4.80 Å². The highest BCUT2D eigenvalue weighted by atomic mass is 32.1. The Morgan fingerprint density at radius 2 is 2.00 bits per heavy atom. The zero-order chi connectivity index (χ0) is 19.1. The lowest BCUT2D eigenvalue weighted by molar-refractivity contribution is -0.118. The van der Waals surface area contributed by atoms with Crippen molar-refractivity contribution < 1.29 is 14.3 Å². The second-order valence-corrected chi connectivity index (χ2v) is 6.66. The molecule has 138 valence electrons. The van der Waals surface area contributed by atoms with Crippen LogP contribution in [0.4, 0.5) is 0 Å². The summed E-state index contributed by atoms with van der Waals surface area (Å²) < 4.78 is 13.9. The molecule has 0 fully saturated rings. The largest absolute Gasteiger partial charge is 0.494 e. The quantitative estimate of drug-likeness (QED) is 0.588. The van der Waals surface area contributed by atoms with Crippen LogP contribution in [0.3, 0.4) is 0 Å². The number of hydrogen-bond donors (Lipinski definition) is 0. The minimum atomic E-state index is -0.242. The Balaban J connectivity index is 1.79. The van der Waals surface area contributed by atoms with Gasteiger partial charge in [-0.05, 0) is 37.3 Å². The van der Waals surface area contributed by atoms with Crippen molar-refractivity contribution in [1.29, 1.82) is 0 Å². The van der Waals surface area contributed by atoms with Gasteiger partial charge in [0.25, 0.3) is 5.91 Å². The van der Waals surface area contributed by atoms with Crippen LogP contribution in [0.5, 0.6) is 11.5 Å². The average molecular weight is 380 g/mol. The zero-order valence-electron chi connectivity index (χ0n) is 15.1. The molecule has 0 radical (unpaired) electrons. The van der Waals surface area contributed by atoms with E-state index < -0.39 is 0 Å². The first-order valence-corrected chi connectivity index (χ1v) is 9.48. The maximum atomic E-state index is 12.3. The van der Waals surface area contributed by atoms with Crippen LogP contribution >= 0.6 is 11.3 Å². The van der Waals surface area contributed by atoms with Crippen molar-refractivity contribution in [2.75, 3.05) is 13.2 Å². The maximum Gasteiger partial charge on any atom is 0.251 e. The van der Waals surface area contributed by atoms with Gasteiger partial charge in [-0.2, -0.15) is 4.99 Å². The van der Waals surface area contributed by atoms with Crippen molar-refractivity contribution in [1.82, 2.24) is 4.57 Å². The van der Waals surface area contributed by atoms with Gasteiger partial charge in [0.1, 0.15) is 11.5 Å². The number of amides is 1. The van der Waals surface area contributed by atoms with E-state index in [1.807, 2.05) is 60.0 Å². The average Bonchev–Trinajstić information content (AvgIpc) is 3.00. The maximum absolute atomic E-state index is 12.3. The predicted molar refractivity (Wildman–Crippen MR) is 107 cm³/mol. The lowest BCUT2D eigenvalue weighted by atomic mass is 10.3. The molecule has 0 unspecified atom stereocenters. The minimum Gasteiger partial charge on any atom is -0.494 e. The van der Waals surface area contributed by atoms with Crippen LogP contribution in [-0.4, -0.2) is 23.7 Å². The van der Waals surface area contributed by atoms with Gasteiger partial charge in [0.05, 0.1) is 36.4 Å². The van der Waals surface area contributed by atoms with Gasteiger partial charge in [-0.1, -0.05) is 35.5 Å². The standard InChI is InChI=1S/C21H20N2O3S/c1-3-13-23-18-11-10-17(25-4-2)15-19(18)27-21(23)22-20(24)12-14-26-16-8-6-5-7-9-16/h1,5-11,15H,4,12-14H2,2H3. The molecule has 3 rings (SSSR count). The molecular weight excluding hydrogens is 360 g/mol. The molecule has 0 aliphatic heterocycles. The molecule has 2 aromatic carbocycles. The lowest BCUT2D eigenvalue weighted by Crippen LogP contribution is -2.17. The third kappa shape index (κ3) is 4.78. The highest BCUT2D eigenvalue weighted by molar-refractivity contribution is 7.16. The van der Waals surface area contributed by atoms with E-state index in [4.69, 9.17) is 15.9 Å². The van der Waals surface area contributed by atoms with E-state index in [-0.39, 0.29) is 18.9 Å². The zero-order valence-corrected chi connectivity index (χ0v) is 15.9. The van der Waals surface area contributed by atoms with Crippen molar-refractivity contribution in [3.63, 3.8) is 0 Å². The van der Waals surface area contributed by atoms with E-state index in [2.05, 4.69) is 10.9 Å². The smallest absolute Gasteiger partial charge is 0.251 e. The highest BCUT2D eigenvalue weighted by Gasteiger charge is 2.09. The van der Waals surface area contributed by atoms with E-state index in [1.165, 1.54) is 11.3 Å². The molecular formula is C21H20N2O3S. The summed E-state index contributed by atoms with van der Waals surface area (Å²) >= 11 is 1.42. The second kappa shape index (κ2) is 9.06. The molecule has 27 heavy (non-hydrogen) atoms. The minimum absolute atomic E-state index is 0.198. The first kappa shape index (κ1) is 18.7. The molecule has 0 N–H and O–H groups in total. The van der Waals surface area contributed by atoms with Crippen molar-refractivity contribution in [2.45, 2.75) is 19.9 Å². The summed E-state index contributed by atoms with van der Waals surface area (Å²) in [4.78, 5) is 17.1. The number of terminal acetylenes is 1. The topological polar surface area (TPSA) is 52.8 Å². The summed E-state index contributed by atoms with van der Waals surface area (Å²) in [6, 6.07) is 15.2. The van der Waals surface area contributed by atoms with Crippen molar-refractivity contribution in [3.05, 3.63) is 53.3 Å². The fourth-order valence-corrected chi connectivity index (χ4v) is 3.65. The number of thiazole rings is 1. The third-order valence-corrected chi connectivity index (χ3v) is 4.80. The molecule has 0 aliphatic rings. The fourth-order valence-electron chi connectivity index (χ4n) is 2.57. The van der Waals surface area contributed by atoms with Gasteiger partial charge in [-0.15, -0.1) is 6.42 Å². The number of carbonyl (C=O) groups excluding carboxylic acids is 1. The van der Waals surface area contributed by atoms with E-state index in [0.717, 1.165) is 21.7 Å². The van der Waals surface area contributed by atoms with Crippen LogP contribution in [0.1, 0.15) is 13.3 Å². The summed E-state index contributed by atoms with van der Waals surface area (Å²) in [6.45, 7) is 3.16. The number of nitrogens with zero attached hydrogens (tertiary/aromatic N) is 2. The van der Waals surface area contributed by atoms with Crippen LogP contribution in [-0.2, 0) is 11.3 Å². The highest BCUT2D eigenvalue weighted by Crippen LogP contribution is 2.23. The van der Waals surface area contributed by atoms with Crippen molar-refractivity contribution in [3.8, 4) is 23.8 Å². The van der Waals surface area contributed by atoms with Gasteiger partial charge in [0.2, 0.25) is 0 Å². The first-order valence-electron chi connectivity index (χ1n) is 8.66. The summed E-state index contributed by atoms with van der Waals surface area (Å²) in [6.07, 6.45) is 5.69. The molecule has 3 aromatic rings. The van der Waals surface area contributed by atoms with Gasteiger partial charge in [-0.25, -0.2) is 0 Å². The Labute approximate surface area is 161 Å². The van der Waals surface area contributed by atoms with Crippen LogP contribution < -0.4 is 14.3 Å². The molecule has 0 spiro atoms. The normalized spacial score (nSPS) is 11.3. The van der Waals surface area contributed by atoms with Crippen molar-refractivity contribution in [2.24, 2.45) is 4.99 Å². The van der Waals surface area contributed by atoms with E-state index in [1.54, 1.807) is 0 Å². The third-order valence-electron chi connectivity index (χ3n) is 3.76. The molecule has 0 saturated heterocycles. The van der Waals surface area contributed by atoms with E-state index in [0.29, 0.717) is 18.0 Å². The molecule has 1 heterocycles. The number of carbonyl (C=O) groups is 1. The Kier molecular flexibility index (Phi) is 6.29. The van der Waals surface area contributed by atoms with E-state index >= 15 is 0 Å². The summed E-state index contributed by atoms with van der Waals surface area (Å²) in [5.74, 6) is 3.90. The number of hydrogen-bond acceptors (Lipinski definition) is 4. The molecule has 0 saturated carbocycles. The molecule has 0 atom stereocenters. The number of fused-ring (bicyclic) bond motifs is 1. The Morgan fingerprint density at radius 1 is 1.19 bits per heavy atom. The Bertz CT molecular complexity index is 1030. The predicted octanol–water partition coefficient (Wildman–Crippen LogP) is 3.63. The molecule has 1 amide bonds. The van der Waals surface area contributed by atoms with Crippen LogP contribution in [0.15, 0.2) is 53.5 Å². The Morgan fingerprint density at radius 3 is 2.74 bits per heavy atom. The molecule has 0 bridgehead atoms. The van der Waals surface area contributed by atoms with Gasteiger partial charge in [0, 0.05) is 0 Å². The SMILES string of the molecule is C#CCn1c(=NC(=O)CCOc2ccccc2)sc2cc(OCC)ccc21. The summed E-state index contributed by atoms with van der Waals surface area (Å²) in [5.41, 5.74) is 0.938. The van der Waals surface area contributed by atoms with Crippen LogP contribution in [0.2, 0.25) is 0 Å². The van der Waals surface area contributed by atoms with Gasteiger partial charge < -0.3 is 14.0 Å². The van der Waals surface area contributed by atoms with Crippen LogP contribution in [0, 0.1) is 12.3 Å².